The van der Waals surface area contributed by atoms with Gasteiger partial charge in [0.05, 0.1) is 12.9 Å². The van der Waals surface area contributed by atoms with Crippen molar-refractivity contribution in [3.05, 3.63) is 0 Å². The monoisotopic (exact) mass is 116 g/mol. The molecule has 0 spiro atoms. The third-order valence-corrected chi connectivity index (χ3v) is 1.13. The van der Waals surface area contributed by atoms with Gasteiger partial charge in [-0.25, -0.2) is 4.39 Å². The van der Waals surface area contributed by atoms with E-state index in [1.807, 2.05) is 4.90 Å². The first-order valence-electron chi connectivity index (χ1n) is 2.73. The van der Waals surface area contributed by atoms with Gasteiger partial charge in [0, 0.05) is 13.1 Å². The smallest absolute Gasteiger partial charge is 0.107 e. The molecule has 3 heteroatoms. The maximum atomic E-state index is 11.5. The molecule has 0 aliphatic carbocycles. The van der Waals surface area contributed by atoms with E-state index in [-0.39, 0.29) is 6.67 Å². The Morgan fingerprint density at radius 1 is 1.75 bits per heavy atom. The van der Waals surface area contributed by atoms with E-state index in [1.165, 1.54) is 0 Å². The molecule has 1 aliphatic heterocycles. The van der Waals surface area contributed by atoms with E-state index in [0.29, 0.717) is 6.54 Å². The van der Waals surface area contributed by atoms with Crippen LogP contribution in [0.3, 0.4) is 0 Å². The summed E-state index contributed by atoms with van der Waals surface area (Å²) >= 11 is 0. The first kappa shape index (κ1) is 5.54. The lowest BCUT2D eigenvalue weighted by molar-refractivity contribution is 0.380. The van der Waals surface area contributed by atoms with Gasteiger partial charge in [-0.3, -0.25) is 4.99 Å². The predicted octanol–water partition coefficient (Wildman–Crippen LogP) is 0.300. The van der Waals surface area contributed by atoms with Crippen LogP contribution in [-0.4, -0.2) is 37.5 Å². The molecule has 0 aromatic rings. The maximum Gasteiger partial charge on any atom is 0.107 e. The summed E-state index contributed by atoms with van der Waals surface area (Å²) in [7, 11) is 0. The SMILES string of the molecule is FCCN1C=NCC1. The lowest BCUT2D eigenvalue weighted by Gasteiger charge is -2.08. The second-order valence-electron chi connectivity index (χ2n) is 1.75. The zero-order valence-electron chi connectivity index (χ0n) is 4.68. The molecular formula is C5H9FN2. The van der Waals surface area contributed by atoms with Crippen LogP contribution in [-0.2, 0) is 0 Å². The number of alkyl halides is 1. The van der Waals surface area contributed by atoms with Crippen molar-refractivity contribution in [2.75, 3.05) is 26.3 Å². The van der Waals surface area contributed by atoms with Crippen molar-refractivity contribution in [1.82, 2.24) is 4.90 Å². The first-order chi connectivity index (χ1) is 3.93. The zero-order valence-corrected chi connectivity index (χ0v) is 4.68. The molecule has 0 aromatic heterocycles. The molecule has 8 heavy (non-hydrogen) atoms. The average molecular weight is 116 g/mol. The fraction of sp³-hybridized carbons (Fsp3) is 0.800. The van der Waals surface area contributed by atoms with Gasteiger partial charge >= 0.3 is 0 Å². The molecular weight excluding hydrogens is 107 g/mol. The highest BCUT2D eigenvalue weighted by Crippen LogP contribution is 1.91. The van der Waals surface area contributed by atoms with Gasteiger partial charge < -0.3 is 4.90 Å². The van der Waals surface area contributed by atoms with Crippen LogP contribution in [0.1, 0.15) is 0 Å². The molecule has 0 saturated carbocycles. The Balaban J connectivity index is 2.16. The van der Waals surface area contributed by atoms with E-state index < -0.39 is 0 Å². The van der Waals surface area contributed by atoms with Crippen LogP contribution in [0.25, 0.3) is 0 Å². The highest BCUT2D eigenvalue weighted by Gasteiger charge is 2.02. The molecule has 2 nitrogen and oxygen atoms in total. The van der Waals surface area contributed by atoms with Crippen molar-refractivity contribution in [1.29, 1.82) is 0 Å². The fourth-order valence-corrected chi connectivity index (χ4v) is 0.695. The second-order valence-corrected chi connectivity index (χ2v) is 1.75. The maximum absolute atomic E-state index is 11.5. The summed E-state index contributed by atoms with van der Waals surface area (Å²) in [6.07, 6.45) is 1.71. The minimum atomic E-state index is -0.272. The summed E-state index contributed by atoms with van der Waals surface area (Å²) in [6.45, 7) is 1.96. The number of aliphatic imine (C=N–C) groups is 1. The standard InChI is InChI=1S/C5H9FN2/c6-1-3-8-4-2-7-5-8/h5H,1-4H2. The molecule has 1 rings (SSSR count). The molecule has 1 heterocycles. The van der Waals surface area contributed by atoms with E-state index in [2.05, 4.69) is 4.99 Å². The van der Waals surface area contributed by atoms with Gasteiger partial charge in [0.15, 0.2) is 0 Å². The summed E-state index contributed by atoms with van der Waals surface area (Å²) < 4.78 is 11.5. The number of nitrogens with zero attached hydrogens (tertiary/aromatic N) is 2. The number of hydrogen-bond acceptors (Lipinski definition) is 2. The molecule has 0 unspecified atom stereocenters. The third-order valence-electron chi connectivity index (χ3n) is 1.13. The lowest BCUT2D eigenvalue weighted by atomic mass is 10.6. The molecule has 0 amide bonds. The van der Waals surface area contributed by atoms with Gasteiger partial charge in [0.25, 0.3) is 0 Å². The van der Waals surface area contributed by atoms with Crippen molar-refractivity contribution in [2.45, 2.75) is 0 Å². The Kier molecular flexibility index (Phi) is 1.83. The minimum Gasteiger partial charge on any atom is -0.358 e. The second kappa shape index (κ2) is 2.64. The van der Waals surface area contributed by atoms with Crippen LogP contribution in [0.2, 0.25) is 0 Å². The van der Waals surface area contributed by atoms with Crippen LogP contribution >= 0.6 is 0 Å². The van der Waals surface area contributed by atoms with E-state index >= 15 is 0 Å². The van der Waals surface area contributed by atoms with Crippen LogP contribution in [0.5, 0.6) is 0 Å². The molecule has 0 bridgehead atoms. The van der Waals surface area contributed by atoms with Crippen LogP contribution in [0, 0.1) is 0 Å². The van der Waals surface area contributed by atoms with Crippen molar-refractivity contribution in [3.63, 3.8) is 0 Å². The van der Waals surface area contributed by atoms with Gasteiger partial charge in [0.2, 0.25) is 0 Å². The predicted molar refractivity (Wildman–Crippen MR) is 30.9 cm³/mol. The van der Waals surface area contributed by atoms with Gasteiger partial charge in [-0.15, -0.1) is 0 Å². The Hall–Kier alpha value is -0.600. The molecule has 0 atom stereocenters. The van der Waals surface area contributed by atoms with Crippen molar-refractivity contribution in [3.8, 4) is 0 Å². The summed E-state index contributed by atoms with van der Waals surface area (Å²) in [6, 6.07) is 0. The molecule has 0 aromatic carbocycles. The van der Waals surface area contributed by atoms with E-state index in [0.717, 1.165) is 13.1 Å². The number of hydrogen-bond donors (Lipinski definition) is 0. The van der Waals surface area contributed by atoms with Crippen molar-refractivity contribution >= 4 is 6.34 Å². The molecule has 46 valence electrons. The van der Waals surface area contributed by atoms with Gasteiger partial charge in [-0.05, 0) is 0 Å². The Labute approximate surface area is 48.0 Å². The van der Waals surface area contributed by atoms with Crippen molar-refractivity contribution in [2.24, 2.45) is 4.99 Å². The molecule has 1 aliphatic rings. The van der Waals surface area contributed by atoms with E-state index in [9.17, 15) is 4.39 Å². The van der Waals surface area contributed by atoms with Gasteiger partial charge in [0.1, 0.15) is 6.67 Å². The lowest BCUT2D eigenvalue weighted by Crippen LogP contribution is -2.21. The summed E-state index contributed by atoms with van der Waals surface area (Å²) in [5.41, 5.74) is 0. The van der Waals surface area contributed by atoms with Gasteiger partial charge in [-0.2, -0.15) is 0 Å². The first-order valence-corrected chi connectivity index (χ1v) is 2.73. The number of rotatable bonds is 2. The van der Waals surface area contributed by atoms with E-state index in [4.69, 9.17) is 0 Å². The summed E-state index contributed by atoms with van der Waals surface area (Å²) in [4.78, 5) is 5.79. The molecule has 0 radical (unpaired) electrons. The van der Waals surface area contributed by atoms with Crippen molar-refractivity contribution < 1.29 is 4.39 Å². The average Bonchev–Trinajstić information content (AvgIpc) is 2.19. The Morgan fingerprint density at radius 2 is 2.62 bits per heavy atom. The molecule has 0 saturated heterocycles. The minimum absolute atomic E-state index is 0.272. The van der Waals surface area contributed by atoms with Crippen LogP contribution in [0.4, 0.5) is 4.39 Å². The van der Waals surface area contributed by atoms with Gasteiger partial charge in [-0.1, -0.05) is 0 Å². The quantitative estimate of drug-likeness (QED) is 0.506. The highest BCUT2D eigenvalue weighted by molar-refractivity contribution is 5.56. The molecule has 0 fully saturated rings. The summed E-state index contributed by atoms with van der Waals surface area (Å²) in [5.74, 6) is 0. The van der Waals surface area contributed by atoms with Crippen LogP contribution < -0.4 is 0 Å². The van der Waals surface area contributed by atoms with Crippen LogP contribution in [0.15, 0.2) is 4.99 Å². The normalized spacial score (nSPS) is 17.9. The zero-order chi connectivity index (χ0) is 5.82. The number of halogens is 1. The summed E-state index contributed by atoms with van der Waals surface area (Å²) in [5, 5.41) is 0. The third kappa shape index (κ3) is 1.18. The highest BCUT2D eigenvalue weighted by atomic mass is 19.1. The molecule has 0 N–H and O–H groups in total. The topological polar surface area (TPSA) is 15.6 Å². The van der Waals surface area contributed by atoms with E-state index in [1.54, 1.807) is 6.34 Å². The largest absolute Gasteiger partial charge is 0.358 e. The Bertz CT molecular complexity index is 92.4. The Morgan fingerprint density at radius 3 is 3.12 bits per heavy atom. The fourth-order valence-electron chi connectivity index (χ4n) is 0.695.